The van der Waals surface area contributed by atoms with Crippen molar-refractivity contribution in [2.45, 2.75) is 25.8 Å². The minimum atomic E-state index is 0.731. The molecule has 0 saturated carbocycles. The van der Waals surface area contributed by atoms with E-state index in [1.54, 1.807) is 4.88 Å². The molecule has 0 aliphatic carbocycles. The van der Waals surface area contributed by atoms with Crippen LogP contribution in [0.2, 0.25) is 0 Å². The second-order valence-corrected chi connectivity index (χ2v) is 4.28. The molecule has 12 heavy (non-hydrogen) atoms. The van der Waals surface area contributed by atoms with Crippen LogP contribution >= 0.6 is 11.3 Å². The molecule has 2 heteroatoms. The van der Waals surface area contributed by atoms with Gasteiger partial charge in [-0.05, 0) is 37.4 Å². The highest BCUT2D eigenvalue weighted by molar-refractivity contribution is 7.10. The van der Waals surface area contributed by atoms with Crippen molar-refractivity contribution in [2.24, 2.45) is 0 Å². The maximum atomic E-state index is 2.58. The van der Waals surface area contributed by atoms with E-state index in [-0.39, 0.29) is 0 Å². The number of likely N-dealkylation sites (tertiary alicyclic amines) is 1. The standard InChI is InChI=1S/C10H15NS/c1-2-11-7-3-5-9(11)10-6-4-8-12-10/h4,6,8-9H,2-3,5,7H2,1H3/t9-/m1/s1. The van der Waals surface area contributed by atoms with Crippen molar-refractivity contribution >= 4 is 11.3 Å². The summed E-state index contributed by atoms with van der Waals surface area (Å²) < 4.78 is 0. The van der Waals surface area contributed by atoms with Gasteiger partial charge in [0.05, 0.1) is 0 Å². The summed E-state index contributed by atoms with van der Waals surface area (Å²) >= 11 is 1.90. The molecule has 66 valence electrons. The average molecular weight is 181 g/mol. The van der Waals surface area contributed by atoms with Crippen LogP contribution in [0.5, 0.6) is 0 Å². The van der Waals surface area contributed by atoms with E-state index in [4.69, 9.17) is 0 Å². The van der Waals surface area contributed by atoms with Crippen molar-refractivity contribution in [1.29, 1.82) is 0 Å². The molecule has 1 atom stereocenters. The monoisotopic (exact) mass is 181 g/mol. The van der Waals surface area contributed by atoms with Gasteiger partial charge in [-0.25, -0.2) is 0 Å². The SMILES string of the molecule is CCN1CCC[C@@H]1c1cccs1. The predicted molar refractivity (Wildman–Crippen MR) is 53.5 cm³/mol. The molecule has 0 amide bonds. The molecule has 1 saturated heterocycles. The summed E-state index contributed by atoms with van der Waals surface area (Å²) in [6.07, 6.45) is 2.73. The van der Waals surface area contributed by atoms with Crippen molar-refractivity contribution in [3.63, 3.8) is 0 Å². The van der Waals surface area contributed by atoms with Gasteiger partial charge in [0.2, 0.25) is 0 Å². The molecule has 1 nitrogen and oxygen atoms in total. The molecule has 0 N–H and O–H groups in total. The Morgan fingerprint density at radius 1 is 1.67 bits per heavy atom. The molecule has 2 rings (SSSR count). The Morgan fingerprint density at radius 2 is 2.58 bits per heavy atom. The zero-order valence-electron chi connectivity index (χ0n) is 7.49. The molecule has 2 heterocycles. The molecule has 0 bridgehead atoms. The lowest BCUT2D eigenvalue weighted by Gasteiger charge is -2.21. The van der Waals surface area contributed by atoms with Crippen molar-refractivity contribution in [3.8, 4) is 0 Å². The third-order valence-electron chi connectivity index (χ3n) is 2.64. The summed E-state index contributed by atoms with van der Waals surface area (Å²) in [7, 11) is 0. The minimum absolute atomic E-state index is 0.731. The molecule has 1 aliphatic rings. The lowest BCUT2D eigenvalue weighted by atomic mass is 10.2. The molecule has 0 unspecified atom stereocenters. The van der Waals surface area contributed by atoms with Gasteiger partial charge in [-0.1, -0.05) is 13.0 Å². The van der Waals surface area contributed by atoms with E-state index in [1.165, 1.54) is 25.9 Å². The van der Waals surface area contributed by atoms with Crippen molar-refractivity contribution < 1.29 is 0 Å². The Morgan fingerprint density at radius 3 is 3.25 bits per heavy atom. The first-order valence-corrected chi connectivity index (χ1v) is 5.57. The van der Waals surface area contributed by atoms with Crippen molar-refractivity contribution in [1.82, 2.24) is 4.90 Å². The summed E-state index contributed by atoms with van der Waals surface area (Å²) in [6, 6.07) is 5.16. The molecule has 0 spiro atoms. The van der Waals surface area contributed by atoms with Crippen molar-refractivity contribution in [2.75, 3.05) is 13.1 Å². The van der Waals surface area contributed by atoms with E-state index >= 15 is 0 Å². The molecule has 1 aromatic rings. The van der Waals surface area contributed by atoms with Crippen molar-refractivity contribution in [3.05, 3.63) is 22.4 Å². The average Bonchev–Trinajstić information content (AvgIpc) is 2.74. The van der Waals surface area contributed by atoms with Crippen LogP contribution in [-0.4, -0.2) is 18.0 Å². The molecule has 0 aromatic carbocycles. The van der Waals surface area contributed by atoms with Gasteiger partial charge in [0, 0.05) is 10.9 Å². The van der Waals surface area contributed by atoms with Gasteiger partial charge in [-0.2, -0.15) is 0 Å². The lowest BCUT2D eigenvalue weighted by molar-refractivity contribution is 0.275. The summed E-state index contributed by atoms with van der Waals surface area (Å²) in [5.41, 5.74) is 0. The third kappa shape index (κ3) is 1.41. The topological polar surface area (TPSA) is 3.24 Å². The summed E-state index contributed by atoms with van der Waals surface area (Å²) in [5, 5.41) is 2.18. The number of hydrogen-bond acceptors (Lipinski definition) is 2. The smallest absolute Gasteiger partial charge is 0.0441 e. The fourth-order valence-electron chi connectivity index (χ4n) is 2.01. The van der Waals surface area contributed by atoms with E-state index in [2.05, 4.69) is 29.3 Å². The molecule has 1 fully saturated rings. The first-order chi connectivity index (χ1) is 5.92. The largest absolute Gasteiger partial charge is 0.296 e. The number of nitrogens with zero attached hydrogens (tertiary/aromatic N) is 1. The Hall–Kier alpha value is -0.340. The molecule has 1 aliphatic heterocycles. The van der Waals surface area contributed by atoms with Crippen LogP contribution in [0.25, 0.3) is 0 Å². The normalized spacial score (nSPS) is 24.9. The van der Waals surface area contributed by atoms with Crippen LogP contribution in [0.15, 0.2) is 17.5 Å². The second kappa shape index (κ2) is 3.58. The Bertz CT molecular complexity index is 230. The molecular weight excluding hydrogens is 166 g/mol. The third-order valence-corrected chi connectivity index (χ3v) is 3.61. The highest BCUT2D eigenvalue weighted by atomic mass is 32.1. The van der Waals surface area contributed by atoms with Gasteiger partial charge >= 0.3 is 0 Å². The maximum absolute atomic E-state index is 2.58. The van der Waals surface area contributed by atoms with E-state index in [0.29, 0.717) is 0 Å². The van der Waals surface area contributed by atoms with Crippen LogP contribution in [0.3, 0.4) is 0 Å². The summed E-state index contributed by atoms with van der Waals surface area (Å²) in [6.45, 7) is 4.74. The number of thiophene rings is 1. The second-order valence-electron chi connectivity index (χ2n) is 3.30. The lowest BCUT2D eigenvalue weighted by Crippen LogP contribution is -2.21. The van der Waals surface area contributed by atoms with E-state index in [1.807, 2.05) is 11.3 Å². The molecular formula is C10H15NS. The first-order valence-electron chi connectivity index (χ1n) is 4.69. The fraction of sp³-hybridized carbons (Fsp3) is 0.600. The summed E-state index contributed by atoms with van der Waals surface area (Å²) in [5.74, 6) is 0. The van der Waals surface area contributed by atoms with Crippen LogP contribution in [0.4, 0.5) is 0 Å². The number of rotatable bonds is 2. The zero-order chi connectivity index (χ0) is 8.39. The van der Waals surface area contributed by atoms with Crippen LogP contribution in [0, 0.1) is 0 Å². The minimum Gasteiger partial charge on any atom is -0.296 e. The van der Waals surface area contributed by atoms with E-state index < -0.39 is 0 Å². The van der Waals surface area contributed by atoms with E-state index in [9.17, 15) is 0 Å². The van der Waals surface area contributed by atoms with Gasteiger partial charge in [0.15, 0.2) is 0 Å². The van der Waals surface area contributed by atoms with Gasteiger partial charge in [0.25, 0.3) is 0 Å². The zero-order valence-corrected chi connectivity index (χ0v) is 8.31. The van der Waals surface area contributed by atoms with Crippen LogP contribution < -0.4 is 0 Å². The summed E-state index contributed by atoms with van der Waals surface area (Å²) in [4.78, 5) is 4.13. The highest BCUT2D eigenvalue weighted by Gasteiger charge is 2.24. The van der Waals surface area contributed by atoms with Gasteiger partial charge in [-0.3, -0.25) is 4.90 Å². The predicted octanol–water partition coefficient (Wildman–Crippen LogP) is 2.90. The first kappa shape index (κ1) is 8.27. The highest BCUT2D eigenvalue weighted by Crippen LogP contribution is 2.33. The van der Waals surface area contributed by atoms with Crippen LogP contribution in [-0.2, 0) is 0 Å². The number of hydrogen-bond donors (Lipinski definition) is 0. The molecule has 0 radical (unpaired) electrons. The quantitative estimate of drug-likeness (QED) is 0.678. The van der Waals surface area contributed by atoms with Gasteiger partial charge in [-0.15, -0.1) is 11.3 Å². The van der Waals surface area contributed by atoms with Gasteiger partial charge < -0.3 is 0 Å². The van der Waals surface area contributed by atoms with E-state index in [0.717, 1.165) is 6.04 Å². The van der Waals surface area contributed by atoms with Gasteiger partial charge in [0.1, 0.15) is 0 Å². The maximum Gasteiger partial charge on any atom is 0.0441 e. The van der Waals surface area contributed by atoms with Crippen LogP contribution in [0.1, 0.15) is 30.7 Å². The Balaban J connectivity index is 2.13. The fourth-order valence-corrected chi connectivity index (χ4v) is 2.90. The Labute approximate surface area is 78.0 Å². The molecule has 1 aromatic heterocycles. The Kier molecular flexibility index (Phi) is 2.47.